The molecule has 0 spiro atoms. The summed E-state index contributed by atoms with van der Waals surface area (Å²) in [5, 5.41) is 0.169. The Morgan fingerprint density at radius 3 is 2.32 bits per heavy atom. The molecule has 0 fully saturated rings. The van der Waals surface area contributed by atoms with Crippen molar-refractivity contribution in [3.8, 4) is 11.1 Å². The van der Waals surface area contributed by atoms with E-state index in [9.17, 15) is 18.0 Å². The van der Waals surface area contributed by atoms with Crippen LogP contribution in [0.3, 0.4) is 0 Å². The summed E-state index contributed by atoms with van der Waals surface area (Å²) in [4.78, 5) is 10.9. The van der Waals surface area contributed by atoms with Crippen LogP contribution in [0.2, 0.25) is 5.02 Å². The van der Waals surface area contributed by atoms with Crippen LogP contribution in [0.1, 0.15) is 15.9 Å². The normalized spacial score (nSPS) is 11.4. The van der Waals surface area contributed by atoms with Crippen LogP contribution < -0.4 is 0 Å². The molecule has 0 aliphatic heterocycles. The number of aldehydes is 1. The highest BCUT2D eigenvalue weighted by Crippen LogP contribution is 2.36. The minimum absolute atomic E-state index is 0.169. The molecular weight excluding hydrogens is 277 g/mol. The van der Waals surface area contributed by atoms with Crippen LogP contribution in [0, 0.1) is 0 Å². The molecule has 2 aromatic carbocycles. The molecule has 0 aliphatic carbocycles. The fourth-order valence-corrected chi connectivity index (χ4v) is 1.97. The van der Waals surface area contributed by atoms with E-state index in [1.165, 1.54) is 12.1 Å². The van der Waals surface area contributed by atoms with Crippen LogP contribution in [0.5, 0.6) is 0 Å². The van der Waals surface area contributed by atoms with E-state index < -0.39 is 11.7 Å². The molecule has 0 unspecified atom stereocenters. The Morgan fingerprint density at radius 1 is 1.00 bits per heavy atom. The predicted molar refractivity (Wildman–Crippen MR) is 67.3 cm³/mol. The van der Waals surface area contributed by atoms with Gasteiger partial charge in [-0.15, -0.1) is 0 Å². The van der Waals surface area contributed by atoms with Crippen LogP contribution >= 0.6 is 11.6 Å². The van der Waals surface area contributed by atoms with Crippen molar-refractivity contribution in [3.05, 3.63) is 58.6 Å². The van der Waals surface area contributed by atoms with Gasteiger partial charge in [0.25, 0.3) is 0 Å². The molecule has 0 radical (unpaired) electrons. The van der Waals surface area contributed by atoms with Gasteiger partial charge in [-0.25, -0.2) is 0 Å². The zero-order chi connectivity index (χ0) is 14.0. The second kappa shape index (κ2) is 5.05. The van der Waals surface area contributed by atoms with Gasteiger partial charge < -0.3 is 0 Å². The van der Waals surface area contributed by atoms with Crippen molar-refractivity contribution in [1.29, 1.82) is 0 Å². The lowest BCUT2D eigenvalue weighted by atomic mass is 9.98. The molecule has 0 saturated heterocycles. The largest absolute Gasteiger partial charge is 0.416 e. The van der Waals surface area contributed by atoms with E-state index in [-0.39, 0.29) is 10.6 Å². The van der Waals surface area contributed by atoms with Gasteiger partial charge in [0.15, 0.2) is 6.29 Å². The molecule has 2 aromatic rings. The lowest BCUT2D eigenvalue weighted by molar-refractivity contribution is -0.137. The fourth-order valence-electron chi connectivity index (χ4n) is 1.75. The van der Waals surface area contributed by atoms with Crippen molar-refractivity contribution in [1.82, 2.24) is 0 Å². The third-order valence-corrected chi connectivity index (χ3v) is 3.00. The molecule has 0 aromatic heterocycles. The first-order valence-electron chi connectivity index (χ1n) is 5.35. The molecular formula is C14H8ClF3O. The molecule has 5 heteroatoms. The van der Waals surface area contributed by atoms with Gasteiger partial charge in [-0.05, 0) is 23.8 Å². The molecule has 98 valence electrons. The Labute approximate surface area is 112 Å². The number of carbonyl (C=O) groups excluding carboxylic acids is 1. The predicted octanol–water partition coefficient (Wildman–Crippen LogP) is 4.84. The lowest BCUT2D eigenvalue weighted by Crippen LogP contribution is -2.05. The third kappa shape index (κ3) is 2.79. The highest BCUT2D eigenvalue weighted by Gasteiger charge is 2.31. The number of rotatable bonds is 2. The van der Waals surface area contributed by atoms with Crippen molar-refractivity contribution >= 4 is 17.9 Å². The smallest absolute Gasteiger partial charge is 0.298 e. The third-order valence-electron chi connectivity index (χ3n) is 2.67. The molecule has 0 amide bonds. The first-order valence-corrected chi connectivity index (χ1v) is 5.72. The quantitative estimate of drug-likeness (QED) is 0.721. The molecule has 2 rings (SSSR count). The van der Waals surface area contributed by atoms with E-state index >= 15 is 0 Å². The number of benzene rings is 2. The van der Waals surface area contributed by atoms with E-state index in [0.717, 1.165) is 12.1 Å². The summed E-state index contributed by atoms with van der Waals surface area (Å²) in [7, 11) is 0. The number of hydrogen-bond acceptors (Lipinski definition) is 1. The summed E-state index contributed by atoms with van der Waals surface area (Å²) in [5.74, 6) is 0. The molecule has 0 bridgehead atoms. The SMILES string of the molecule is O=Cc1ccccc1-c1cc(C(F)(F)F)ccc1Cl. The van der Waals surface area contributed by atoms with Gasteiger partial charge in [0.1, 0.15) is 0 Å². The van der Waals surface area contributed by atoms with Crippen molar-refractivity contribution < 1.29 is 18.0 Å². The number of carbonyl (C=O) groups is 1. The monoisotopic (exact) mass is 284 g/mol. The van der Waals surface area contributed by atoms with E-state index in [4.69, 9.17) is 11.6 Å². The van der Waals surface area contributed by atoms with Crippen LogP contribution in [-0.4, -0.2) is 6.29 Å². The zero-order valence-electron chi connectivity index (χ0n) is 9.54. The molecule has 1 nitrogen and oxygen atoms in total. The summed E-state index contributed by atoms with van der Waals surface area (Å²) < 4.78 is 38.1. The van der Waals surface area contributed by atoms with E-state index in [0.29, 0.717) is 17.4 Å². The Bertz CT molecular complexity index is 620. The fraction of sp³-hybridized carbons (Fsp3) is 0.0714. The number of alkyl halides is 3. The van der Waals surface area contributed by atoms with Gasteiger partial charge in [-0.2, -0.15) is 13.2 Å². The van der Waals surface area contributed by atoms with Gasteiger partial charge >= 0.3 is 6.18 Å². The summed E-state index contributed by atoms with van der Waals surface area (Å²) in [6, 6.07) is 9.40. The summed E-state index contributed by atoms with van der Waals surface area (Å²) in [6.45, 7) is 0. The second-order valence-electron chi connectivity index (χ2n) is 3.90. The average Bonchev–Trinajstić information content (AvgIpc) is 2.38. The maximum Gasteiger partial charge on any atom is 0.416 e. The van der Waals surface area contributed by atoms with E-state index in [2.05, 4.69) is 0 Å². The lowest BCUT2D eigenvalue weighted by Gasteiger charge is -2.11. The Hall–Kier alpha value is -1.81. The van der Waals surface area contributed by atoms with Gasteiger partial charge in [-0.1, -0.05) is 35.9 Å². The maximum absolute atomic E-state index is 12.7. The Morgan fingerprint density at radius 2 is 1.68 bits per heavy atom. The standard InChI is InChI=1S/C14H8ClF3O/c15-13-6-5-10(14(16,17)18)7-12(13)11-4-2-1-3-9(11)8-19/h1-8H. The van der Waals surface area contributed by atoms with Crippen molar-refractivity contribution in [2.45, 2.75) is 6.18 Å². The maximum atomic E-state index is 12.7. The second-order valence-corrected chi connectivity index (χ2v) is 4.30. The highest BCUT2D eigenvalue weighted by molar-refractivity contribution is 6.33. The molecule has 0 N–H and O–H groups in total. The summed E-state index contributed by atoms with van der Waals surface area (Å²) >= 11 is 5.93. The van der Waals surface area contributed by atoms with Crippen molar-refractivity contribution in [2.24, 2.45) is 0 Å². The molecule has 19 heavy (non-hydrogen) atoms. The topological polar surface area (TPSA) is 17.1 Å². The van der Waals surface area contributed by atoms with E-state index in [1.54, 1.807) is 18.2 Å². The first-order chi connectivity index (χ1) is 8.93. The number of hydrogen-bond donors (Lipinski definition) is 0. The van der Waals surface area contributed by atoms with Crippen molar-refractivity contribution in [3.63, 3.8) is 0 Å². The van der Waals surface area contributed by atoms with E-state index in [1.807, 2.05) is 0 Å². The summed E-state index contributed by atoms with van der Waals surface area (Å²) in [5.41, 5.74) is 0.0733. The van der Waals surface area contributed by atoms with Crippen LogP contribution in [0.4, 0.5) is 13.2 Å². The molecule has 0 aliphatic rings. The molecule has 0 atom stereocenters. The minimum Gasteiger partial charge on any atom is -0.298 e. The van der Waals surface area contributed by atoms with Crippen molar-refractivity contribution in [2.75, 3.05) is 0 Å². The van der Waals surface area contributed by atoms with Crippen LogP contribution in [0.25, 0.3) is 11.1 Å². The Balaban J connectivity index is 2.65. The van der Waals surface area contributed by atoms with Crippen LogP contribution in [0.15, 0.2) is 42.5 Å². The minimum atomic E-state index is -4.45. The zero-order valence-corrected chi connectivity index (χ0v) is 10.3. The van der Waals surface area contributed by atoms with Crippen LogP contribution in [-0.2, 0) is 6.18 Å². The molecule has 0 saturated carbocycles. The average molecular weight is 285 g/mol. The Kier molecular flexibility index (Phi) is 3.62. The van der Waals surface area contributed by atoms with Gasteiger partial charge in [0.05, 0.1) is 5.56 Å². The van der Waals surface area contributed by atoms with Gasteiger partial charge in [-0.3, -0.25) is 4.79 Å². The first kappa shape index (κ1) is 13.6. The molecule has 0 heterocycles. The summed E-state index contributed by atoms with van der Waals surface area (Å²) in [6.07, 6.45) is -3.86. The number of halogens is 4. The van der Waals surface area contributed by atoms with Gasteiger partial charge in [0, 0.05) is 16.1 Å². The highest BCUT2D eigenvalue weighted by atomic mass is 35.5. The van der Waals surface area contributed by atoms with Gasteiger partial charge in [0.2, 0.25) is 0 Å².